The number of nitrogens with two attached hydrogens (primary N) is 1. The van der Waals surface area contributed by atoms with E-state index in [2.05, 4.69) is 0 Å². The molecule has 0 bridgehead atoms. The topological polar surface area (TPSA) is 46.3 Å². The van der Waals surface area contributed by atoms with Gasteiger partial charge in [0.05, 0.1) is 6.04 Å². The Kier molecular flexibility index (Phi) is 4.31. The average molecular weight is 206 g/mol. The highest BCUT2D eigenvalue weighted by Crippen LogP contribution is 2.04. The van der Waals surface area contributed by atoms with Crippen LogP contribution in [0.5, 0.6) is 0 Å². The Labute approximate surface area is 90.9 Å². The molecule has 0 aromatic heterocycles. The predicted octanol–water partition coefficient (Wildman–Crippen LogP) is 1.38. The van der Waals surface area contributed by atoms with E-state index in [0.717, 1.165) is 5.56 Å². The van der Waals surface area contributed by atoms with Gasteiger partial charge in [0, 0.05) is 13.6 Å². The Hall–Kier alpha value is -1.35. The molecule has 2 N–H and O–H groups in total. The number of likely N-dealkylation sites (N-methyl/N-ethyl adjacent to an activating group) is 1. The van der Waals surface area contributed by atoms with Crippen LogP contribution in [0.15, 0.2) is 30.3 Å². The van der Waals surface area contributed by atoms with E-state index in [1.165, 1.54) is 0 Å². The summed E-state index contributed by atoms with van der Waals surface area (Å²) >= 11 is 0. The van der Waals surface area contributed by atoms with Gasteiger partial charge in [0.25, 0.3) is 0 Å². The van der Waals surface area contributed by atoms with Crippen LogP contribution in [-0.4, -0.2) is 23.9 Å². The van der Waals surface area contributed by atoms with Crippen LogP contribution >= 0.6 is 0 Å². The smallest absolute Gasteiger partial charge is 0.239 e. The fraction of sp³-hybridized carbons (Fsp3) is 0.417. The Bertz CT molecular complexity index is 311. The molecule has 0 saturated heterocycles. The summed E-state index contributed by atoms with van der Waals surface area (Å²) in [7, 11) is 1.78. The minimum atomic E-state index is -0.376. The maximum atomic E-state index is 11.7. The minimum Gasteiger partial charge on any atom is -0.340 e. The summed E-state index contributed by atoms with van der Waals surface area (Å²) in [5.41, 5.74) is 6.80. The highest BCUT2D eigenvalue weighted by Gasteiger charge is 2.15. The van der Waals surface area contributed by atoms with E-state index in [1.54, 1.807) is 11.9 Å². The monoisotopic (exact) mass is 206 g/mol. The van der Waals surface area contributed by atoms with Crippen molar-refractivity contribution >= 4 is 5.91 Å². The van der Waals surface area contributed by atoms with E-state index < -0.39 is 0 Å². The first kappa shape index (κ1) is 11.7. The second kappa shape index (κ2) is 5.51. The summed E-state index contributed by atoms with van der Waals surface area (Å²) in [5, 5.41) is 0. The molecule has 0 unspecified atom stereocenters. The van der Waals surface area contributed by atoms with Gasteiger partial charge in [-0.25, -0.2) is 0 Å². The van der Waals surface area contributed by atoms with Crippen molar-refractivity contribution < 1.29 is 4.79 Å². The molecular formula is C12H18N2O. The highest BCUT2D eigenvalue weighted by molar-refractivity contribution is 5.81. The molecule has 1 aromatic rings. The van der Waals surface area contributed by atoms with Crippen molar-refractivity contribution in [3.63, 3.8) is 0 Å². The van der Waals surface area contributed by atoms with Crippen molar-refractivity contribution in [2.45, 2.75) is 25.9 Å². The van der Waals surface area contributed by atoms with Gasteiger partial charge in [0.2, 0.25) is 5.91 Å². The van der Waals surface area contributed by atoms with E-state index in [4.69, 9.17) is 5.73 Å². The Morgan fingerprint density at radius 1 is 1.40 bits per heavy atom. The summed E-state index contributed by atoms with van der Waals surface area (Å²) in [6, 6.07) is 9.52. The van der Waals surface area contributed by atoms with Gasteiger partial charge >= 0.3 is 0 Å². The normalized spacial score (nSPS) is 12.2. The van der Waals surface area contributed by atoms with Crippen LogP contribution < -0.4 is 5.73 Å². The quantitative estimate of drug-likeness (QED) is 0.809. The van der Waals surface area contributed by atoms with Crippen molar-refractivity contribution in [3.8, 4) is 0 Å². The van der Waals surface area contributed by atoms with Gasteiger partial charge in [-0.3, -0.25) is 4.79 Å². The Balaban J connectivity index is 2.56. The van der Waals surface area contributed by atoms with Crippen molar-refractivity contribution in [2.24, 2.45) is 5.73 Å². The lowest BCUT2D eigenvalue weighted by Crippen LogP contribution is -2.40. The molecule has 1 atom stereocenters. The standard InChI is InChI=1S/C12H18N2O/c1-3-11(13)12(15)14(2)9-10-7-5-4-6-8-10/h4-8,11H,3,9,13H2,1-2H3/t11-/m0/s1. The summed E-state index contributed by atoms with van der Waals surface area (Å²) in [6.45, 7) is 2.53. The number of carbonyl (C=O) groups excluding carboxylic acids is 1. The van der Waals surface area contributed by atoms with Gasteiger partial charge in [0.15, 0.2) is 0 Å². The molecule has 1 amide bonds. The third-order valence-electron chi connectivity index (χ3n) is 2.40. The van der Waals surface area contributed by atoms with Crippen molar-refractivity contribution in [2.75, 3.05) is 7.05 Å². The molecule has 0 heterocycles. The second-order valence-electron chi connectivity index (χ2n) is 3.69. The molecular weight excluding hydrogens is 188 g/mol. The average Bonchev–Trinajstić information content (AvgIpc) is 2.28. The SMILES string of the molecule is CC[C@H](N)C(=O)N(C)Cc1ccccc1. The number of amides is 1. The second-order valence-corrected chi connectivity index (χ2v) is 3.69. The lowest BCUT2D eigenvalue weighted by Gasteiger charge is -2.20. The summed E-state index contributed by atoms with van der Waals surface area (Å²) in [4.78, 5) is 13.3. The summed E-state index contributed by atoms with van der Waals surface area (Å²) in [5.74, 6) is 0.00125. The van der Waals surface area contributed by atoms with E-state index in [9.17, 15) is 4.79 Å². The zero-order chi connectivity index (χ0) is 11.3. The van der Waals surface area contributed by atoms with Gasteiger partial charge in [-0.15, -0.1) is 0 Å². The highest BCUT2D eigenvalue weighted by atomic mass is 16.2. The van der Waals surface area contributed by atoms with Gasteiger partial charge < -0.3 is 10.6 Å². The maximum Gasteiger partial charge on any atom is 0.239 e. The molecule has 0 saturated carbocycles. The lowest BCUT2D eigenvalue weighted by atomic mass is 10.2. The molecule has 0 spiro atoms. The number of benzene rings is 1. The van der Waals surface area contributed by atoms with E-state index in [-0.39, 0.29) is 11.9 Å². The lowest BCUT2D eigenvalue weighted by molar-refractivity contribution is -0.131. The Morgan fingerprint density at radius 2 is 2.00 bits per heavy atom. The largest absolute Gasteiger partial charge is 0.340 e. The maximum absolute atomic E-state index is 11.7. The molecule has 0 aliphatic heterocycles. The molecule has 0 aliphatic rings. The third kappa shape index (κ3) is 3.36. The molecule has 1 aromatic carbocycles. The predicted molar refractivity (Wildman–Crippen MR) is 61.2 cm³/mol. The zero-order valence-electron chi connectivity index (χ0n) is 9.31. The number of nitrogens with zero attached hydrogens (tertiary/aromatic N) is 1. The van der Waals surface area contributed by atoms with Crippen molar-refractivity contribution in [1.82, 2.24) is 4.90 Å². The molecule has 3 nitrogen and oxygen atoms in total. The number of hydrogen-bond acceptors (Lipinski definition) is 2. The van der Waals surface area contributed by atoms with Crippen LogP contribution in [-0.2, 0) is 11.3 Å². The van der Waals surface area contributed by atoms with Gasteiger partial charge in [-0.1, -0.05) is 37.3 Å². The first-order chi connectivity index (χ1) is 7.15. The van der Waals surface area contributed by atoms with Crippen LogP contribution in [0.25, 0.3) is 0 Å². The third-order valence-corrected chi connectivity index (χ3v) is 2.40. The number of rotatable bonds is 4. The number of hydrogen-bond donors (Lipinski definition) is 1. The summed E-state index contributed by atoms with van der Waals surface area (Å²) < 4.78 is 0. The molecule has 1 rings (SSSR count). The van der Waals surface area contributed by atoms with Crippen LogP contribution in [0.3, 0.4) is 0 Å². The fourth-order valence-corrected chi connectivity index (χ4v) is 1.39. The van der Waals surface area contributed by atoms with E-state index in [0.29, 0.717) is 13.0 Å². The van der Waals surface area contributed by atoms with Crippen LogP contribution in [0.1, 0.15) is 18.9 Å². The molecule has 82 valence electrons. The Morgan fingerprint density at radius 3 is 2.53 bits per heavy atom. The fourth-order valence-electron chi connectivity index (χ4n) is 1.39. The van der Waals surface area contributed by atoms with Gasteiger partial charge in [0.1, 0.15) is 0 Å². The molecule has 15 heavy (non-hydrogen) atoms. The zero-order valence-corrected chi connectivity index (χ0v) is 9.31. The molecule has 0 radical (unpaired) electrons. The molecule has 0 aliphatic carbocycles. The molecule has 3 heteroatoms. The van der Waals surface area contributed by atoms with E-state index in [1.807, 2.05) is 37.3 Å². The van der Waals surface area contributed by atoms with Gasteiger partial charge in [-0.05, 0) is 12.0 Å². The van der Waals surface area contributed by atoms with Crippen LogP contribution in [0.4, 0.5) is 0 Å². The minimum absolute atomic E-state index is 0.00125. The first-order valence-corrected chi connectivity index (χ1v) is 5.19. The van der Waals surface area contributed by atoms with Crippen LogP contribution in [0, 0.1) is 0 Å². The van der Waals surface area contributed by atoms with Crippen molar-refractivity contribution in [1.29, 1.82) is 0 Å². The number of carbonyl (C=O) groups is 1. The first-order valence-electron chi connectivity index (χ1n) is 5.19. The van der Waals surface area contributed by atoms with Crippen LogP contribution in [0.2, 0.25) is 0 Å². The molecule has 0 fully saturated rings. The van der Waals surface area contributed by atoms with Gasteiger partial charge in [-0.2, -0.15) is 0 Å². The summed E-state index contributed by atoms with van der Waals surface area (Å²) in [6.07, 6.45) is 0.679. The van der Waals surface area contributed by atoms with E-state index >= 15 is 0 Å². The van der Waals surface area contributed by atoms with Crippen molar-refractivity contribution in [3.05, 3.63) is 35.9 Å².